The zero-order chi connectivity index (χ0) is 13.1. The molecule has 0 aliphatic rings. The summed E-state index contributed by atoms with van der Waals surface area (Å²) in [6.45, 7) is 1.98. The lowest BCUT2D eigenvalue weighted by atomic mass is 10.2. The molecule has 1 unspecified atom stereocenters. The maximum absolute atomic E-state index is 5.86. The van der Waals surface area contributed by atoms with E-state index in [9.17, 15) is 0 Å². The first kappa shape index (κ1) is 12.6. The van der Waals surface area contributed by atoms with E-state index < -0.39 is 0 Å². The Morgan fingerprint density at radius 3 is 2.72 bits per heavy atom. The van der Waals surface area contributed by atoms with E-state index in [4.69, 9.17) is 11.6 Å². The molecular formula is C10H14ClN7. The Morgan fingerprint density at radius 2 is 2.11 bits per heavy atom. The Kier molecular flexibility index (Phi) is 3.61. The number of aromatic amines is 1. The van der Waals surface area contributed by atoms with E-state index in [0.717, 1.165) is 5.56 Å². The number of hydrogen-bond donors (Lipinski definition) is 2. The number of aromatic nitrogens is 5. The molecule has 2 heterocycles. The number of rotatable bonds is 4. The van der Waals surface area contributed by atoms with Crippen molar-refractivity contribution in [3.63, 3.8) is 0 Å². The minimum absolute atomic E-state index is 0.0252. The molecular weight excluding hydrogens is 254 g/mol. The molecule has 0 fully saturated rings. The van der Waals surface area contributed by atoms with E-state index >= 15 is 0 Å². The minimum Gasteiger partial charge on any atom is -0.347 e. The average Bonchev–Trinajstić information content (AvgIpc) is 2.81. The summed E-state index contributed by atoms with van der Waals surface area (Å²) in [7, 11) is 3.68. The van der Waals surface area contributed by atoms with Crippen molar-refractivity contribution in [2.45, 2.75) is 13.0 Å². The molecule has 0 bridgehead atoms. The first-order valence-electron chi connectivity index (χ1n) is 5.40. The van der Waals surface area contributed by atoms with Gasteiger partial charge in [0.1, 0.15) is 0 Å². The van der Waals surface area contributed by atoms with Crippen molar-refractivity contribution in [3.05, 3.63) is 23.2 Å². The second-order valence-electron chi connectivity index (χ2n) is 4.02. The van der Waals surface area contributed by atoms with Gasteiger partial charge in [-0.05, 0) is 18.5 Å². The molecule has 96 valence electrons. The molecule has 0 saturated carbocycles. The van der Waals surface area contributed by atoms with Crippen LogP contribution in [0.4, 0.5) is 11.9 Å². The van der Waals surface area contributed by atoms with Crippen molar-refractivity contribution in [3.8, 4) is 0 Å². The fraction of sp³-hybridized carbons (Fsp3) is 0.400. The van der Waals surface area contributed by atoms with Gasteiger partial charge in [-0.15, -0.1) is 0 Å². The molecule has 2 aromatic heterocycles. The van der Waals surface area contributed by atoms with Gasteiger partial charge >= 0.3 is 0 Å². The standard InChI is InChI=1S/C10H14ClN7/c1-6(7-4-12-13-5-7)14-9-15-8(11)16-10(17-9)18(2)3/h4-6H,1-3H3,(H,12,13)(H,14,15,16,17). The fourth-order valence-electron chi connectivity index (χ4n) is 1.38. The third kappa shape index (κ3) is 2.86. The van der Waals surface area contributed by atoms with Crippen molar-refractivity contribution in [1.29, 1.82) is 0 Å². The second-order valence-corrected chi connectivity index (χ2v) is 4.36. The third-order valence-corrected chi connectivity index (χ3v) is 2.53. The van der Waals surface area contributed by atoms with Gasteiger partial charge in [-0.2, -0.15) is 20.1 Å². The van der Waals surface area contributed by atoms with Crippen molar-refractivity contribution in [1.82, 2.24) is 25.1 Å². The van der Waals surface area contributed by atoms with Gasteiger partial charge in [-0.25, -0.2) is 0 Å². The molecule has 0 saturated heterocycles. The monoisotopic (exact) mass is 267 g/mol. The highest BCUT2D eigenvalue weighted by molar-refractivity contribution is 6.28. The Bertz CT molecular complexity index is 511. The molecule has 0 spiro atoms. The molecule has 2 aromatic rings. The molecule has 0 aliphatic heterocycles. The molecule has 1 atom stereocenters. The Balaban J connectivity index is 2.18. The van der Waals surface area contributed by atoms with E-state index in [1.165, 1.54) is 0 Å². The van der Waals surface area contributed by atoms with Crippen LogP contribution in [0.5, 0.6) is 0 Å². The van der Waals surface area contributed by atoms with Gasteiger partial charge in [0.2, 0.25) is 17.2 Å². The highest BCUT2D eigenvalue weighted by Gasteiger charge is 2.11. The fourth-order valence-corrected chi connectivity index (χ4v) is 1.53. The van der Waals surface area contributed by atoms with Crippen LogP contribution < -0.4 is 10.2 Å². The largest absolute Gasteiger partial charge is 0.347 e. The number of hydrogen-bond acceptors (Lipinski definition) is 6. The second kappa shape index (κ2) is 5.18. The number of anilines is 2. The lowest BCUT2D eigenvalue weighted by molar-refractivity contribution is 0.848. The van der Waals surface area contributed by atoms with E-state index in [0.29, 0.717) is 11.9 Å². The third-order valence-electron chi connectivity index (χ3n) is 2.36. The molecule has 18 heavy (non-hydrogen) atoms. The number of nitrogens with one attached hydrogen (secondary N) is 2. The normalized spacial score (nSPS) is 12.2. The lowest BCUT2D eigenvalue weighted by Gasteiger charge is -2.14. The molecule has 0 amide bonds. The van der Waals surface area contributed by atoms with Crippen molar-refractivity contribution in [2.24, 2.45) is 0 Å². The van der Waals surface area contributed by atoms with Crippen LogP contribution in [-0.4, -0.2) is 39.2 Å². The summed E-state index contributed by atoms with van der Waals surface area (Å²) in [5.41, 5.74) is 1.01. The van der Waals surface area contributed by atoms with Crippen molar-refractivity contribution in [2.75, 3.05) is 24.3 Å². The van der Waals surface area contributed by atoms with Crippen LogP contribution in [0.2, 0.25) is 5.28 Å². The summed E-state index contributed by atoms with van der Waals surface area (Å²) in [6.07, 6.45) is 3.56. The zero-order valence-corrected chi connectivity index (χ0v) is 11.1. The van der Waals surface area contributed by atoms with Gasteiger partial charge in [-0.1, -0.05) is 0 Å². The molecule has 2 rings (SSSR count). The van der Waals surface area contributed by atoms with Crippen LogP contribution in [0.1, 0.15) is 18.5 Å². The smallest absolute Gasteiger partial charge is 0.230 e. The summed E-state index contributed by atoms with van der Waals surface area (Å²) in [5.74, 6) is 0.948. The first-order valence-corrected chi connectivity index (χ1v) is 5.78. The first-order chi connectivity index (χ1) is 8.56. The Morgan fingerprint density at radius 1 is 1.33 bits per heavy atom. The van der Waals surface area contributed by atoms with Gasteiger partial charge < -0.3 is 10.2 Å². The van der Waals surface area contributed by atoms with E-state index in [2.05, 4.69) is 30.5 Å². The van der Waals surface area contributed by atoms with Crippen molar-refractivity contribution < 1.29 is 0 Å². The molecule has 8 heteroatoms. The van der Waals surface area contributed by atoms with Crippen LogP contribution in [-0.2, 0) is 0 Å². The Hall–Kier alpha value is -1.89. The maximum Gasteiger partial charge on any atom is 0.230 e. The molecule has 7 nitrogen and oxygen atoms in total. The van der Waals surface area contributed by atoms with Gasteiger partial charge in [0.25, 0.3) is 0 Å². The highest BCUT2D eigenvalue weighted by atomic mass is 35.5. The number of nitrogens with zero attached hydrogens (tertiary/aromatic N) is 5. The Labute approximate surface area is 110 Å². The average molecular weight is 268 g/mol. The molecule has 2 N–H and O–H groups in total. The van der Waals surface area contributed by atoms with E-state index in [-0.39, 0.29) is 11.3 Å². The molecule has 0 aromatic carbocycles. The van der Waals surface area contributed by atoms with Gasteiger partial charge in [-0.3, -0.25) is 5.10 Å². The highest BCUT2D eigenvalue weighted by Crippen LogP contribution is 2.17. The van der Waals surface area contributed by atoms with Crippen LogP contribution in [0, 0.1) is 0 Å². The van der Waals surface area contributed by atoms with Crippen LogP contribution in [0.25, 0.3) is 0 Å². The number of halogens is 1. The van der Waals surface area contributed by atoms with Crippen LogP contribution in [0.3, 0.4) is 0 Å². The summed E-state index contributed by atoms with van der Waals surface area (Å²) >= 11 is 5.86. The maximum atomic E-state index is 5.86. The molecule has 0 aliphatic carbocycles. The minimum atomic E-state index is 0.0252. The summed E-state index contributed by atoms with van der Waals surface area (Å²) in [6, 6.07) is 0.0252. The summed E-state index contributed by atoms with van der Waals surface area (Å²) in [4.78, 5) is 14.1. The molecule has 0 radical (unpaired) electrons. The van der Waals surface area contributed by atoms with Gasteiger partial charge in [0.05, 0.1) is 12.2 Å². The predicted octanol–water partition coefficient (Wildman–Crippen LogP) is 1.49. The quantitative estimate of drug-likeness (QED) is 0.873. The summed E-state index contributed by atoms with van der Waals surface area (Å²) in [5, 5.41) is 9.97. The van der Waals surface area contributed by atoms with E-state index in [1.807, 2.05) is 27.2 Å². The van der Waals surface area contributed by atoms with Gasteiger partial charge in [0.15, 0.2) is 0 Å². The van der Waals surface area contributed by atoms with Crippen LogP contribution >= 0.6 is 11.6 Å². The topological polar surface area (TPSA) is 82.6 Å². The lowest BCUT2D eigenvalue weighted by Crippen LogP contribution is -2.16. The number of H-pyrrole nitrogens is 1. The predicted molar refractivity (Wildman–Crippen MR) is 69.8 cm³/mol. The SMILES string of the molecule is CC(Nc1nc(Cl)nc(N(C)C)n1)c1cn[nH]c1. The summed E-state index contributed by atoms with van der Waals surface area (Å²) < 4.78 is 0. The van der Waals surface area contributed by atoms with E-state index in [1.54, 1.807) is 11.1 Å². The van der Waals surface area contributed by atoms with Crippen molar-refractivity contribution >= 4 is 23.5 Å². The van der Waals surface area contributed by atoms with Gasteiger partial charge in [0, 0.05) is 25.9 Å². The zero-order valence-electron chi connectivity index (χ0n) is 10.3. The van der Waals surface area contributed by atoms with Crippen LogP contribution in [0.15, 0.2) is 12.4 Å².